The van der Waals surface area contributed by atoms with Crippen LogP contribution in [-0.4, -0.2) is 15.3 Å². The number of aromatic hydroxyl groups is 3. The Balaban J connectivity index is 1.69. The van der Waals surface area contributed by atoms with Gasteiger partial charge in [0.1, 0.15) is 16.7 Å². The second-order valence-electron chi connectivity index (χ2n) is 6.15. The molecule has 4 aromatic rings. The van der Waals surface area contributed by atoms with Crippen molar-refractivity contribution in [3.05, 3.63) is 75.9 Å². The summed E-state index contributed by atoms with van der Waals surface area (Å²) >= 11 is 5.88. The molecule has 0 aliphatic carbocycles. The number of phenols is 3. The molecular formula is C21H14ClNO5. The van der Waals surface area contributed by atoms with Crippen molar-refractivity contribution >= 4 is 33.9 Å². The Labute approximate surface area is 163 Å². The molecule has 0 radical (unpaired) electrons. The van der Waals surface area contributed by atoms with E-state index >= 15 is 0 Å². The molecule has 7 heteroatoms. The van der Waals surface area contributed by atoms with Crippen molar-refractivity contribution < 1.29 is 19.7 Å². The van der Waals surface area contributed by atoms with Crippen molar-refractivity contribution in [3.8, 4) is 28.6 Å². The zero-order chi connectivity index (χ0) is 19.8. The first-order chi connectivity index (χ1) is 13.4. The average Bonchev–Trinajstić information content (AvgIpc) is 2.68. The van der Waals surface area contributed by atoms with E-state index in [1.54, 1.807) is 24.3 Å². The van der Waals surface area contributed by atoms with Crippen LogP contribution in [0.1, 0.15) is 0 Å². The standard InChI is InChI=1S/C21H14ClNO5/c22-12-3-7-14(8-4-12)23-13-5-1-11(2-6-13)17-9-15(24)19-18(28-17)10-16(25)20(26)21(19)27/h1-10,23,25-27H. The molecule has 0 unspecified atom stereocenters. The van der Waals surface area contributed by atoms with E-state index in [4.69, 9.17) is 16.0 Å². The minimum atomic E-state index is -0.759. The van der Waals surface area contributed by atoms with Gasteiger partial charge in [0.15, 0.2) is 16.9 Å². The molecule has 0 saturated heterocycles. The van der Waals surface area contributed by atoms with Crippen LogP contribution in [-0.2, 0) is 0 Å². The van der Waals surface area contributed by atoms with Crippen LogP contribution in [0, 0.1) is 0 Å². The number of halogens is 1. The van der Waals surface area contributed by atoms with E-state index < -0.39 is 22.7 Å². The van der Waals surface area contributed by atoms with Crippen LogP contribution in [0.3, 0.4) is 0 Å². The summed E-state index contributed by atoms with van der Waals surface area (Å²) in [6.07, 6.45) is 0. The number of hydrogen-bond acceptors (Lipinski definition) is 6. The highest BCUT2D eigenvalue weighted by Gasteiger charge is 2.17. The van der Waals surface area contributed by atoms with E-state index in [0.717, 1.165) is 17.4 Å². The fourth-order valence-electron chi connectivity index (χ4n) is 2.84. The normalized spacial score (nSPS) is 10.9. The van der Waals surface area contributed by atoms with Gasteiger partial charge in [0.05, 0.1) is 0 Å². The Morgan fingerprint density at radius 2 is 1.43 bits per heavy atom. The Morgan fingerprint density at radius 3 is 2.07 bits per heavy atom. The first-order valence-corrected chi connectivity index (χ1v) is 8.65. The minimum absolute atomic E-state index is 0.0290. The summed E-state index contributed by atoms with van der Waals surface area (Å²) < 4.78 is 5.65. The second kappa shape index (κ2) is 6.83. The maximum Gasteiger partial charge on any atom is 0.201 e. The smallest absolute Gasteiger partial charge is 0.201 e. The summed E-state index contributed by atoms with van der Waals surface area (Å²) in [7, 11) is 0. The van der Waals surface area contributed by atoms with Gasteiger partial charge < -0.3 is 25.1 Å². The Bertz CT molecular complexity index is 1230. The third-order valence-electron chi connectivity index (χ3n) is 4.25. The summed E-state index contributed by atoms with van der Waals surface area (Å²) in [5.41, 5.74) is 1.77. The molecular weight excluding hydrogens is 382 g/mol. The highest BCUT2D eigenvalue weighted by molar-refractivity contribution is 6.30. The quantitative estimate of drug-likeness (QED) is 0.365. The van der Waals surface area contributed by atoms with Crippen molar-refractivity contribution in [1.29, 1.82) is 0 Å². The Kier molecular flexibility index (Phi) is 4.33. The molecule has 0 aliphatic heterocycles. The molecule has 0 spiro atoms. The van der Waals surface area contributed by atoms with Crippen LogP contribution in [0.25, 0.3) is 22.3 Å². The maximum atomic E-state index is 12.4. The second-order valence-corrected chi connectivity index (χ2v) is 6.59. The van der Waals surface area contributed by atoms with Crippen LogP contribution < -0.4 is 10.7 Å². The van der Waals surface area contributed by atoms with Crippen molar-refractivity contribution in [2.45, 2.75) is 0 Å². The van der Waals surface area contributed by atoms with Crippen LogP contribution >= 0.6 is 11.6 Å². The molecule has 4 N–H and O–H groups in total. The lowest BCUT2D eigenvalue weighted by molar-refractivity contribution is 0.370. The van der Waals surface area contributed by atoms with Gasteiger partial charge >= 0.3 is 0 Å². The van der Waals surface area contributed by atoms with Crippen LogP contribution in [0.4, 0.5) is 11.4 Å². The fourth-order valence-corrected chi connectivity index (χ4v) is 2.96. The van der Waals surface area contributed by atoms with Gasteiger partial charge in [0.2, 0.25) is 5.75 Å². The zero-order valence-corrected chi connectivity index (χ0v) is 15.1. The molecule has 0 bridgehead atoms. The third kappa shape index (κ3) is 3.21. The number of nitrogens with one attached hydrogen (secondary N) is 1. The lowest BCUT2D eigenvalue weighted by Gasteiger charge is -2.09. The van der Waals surface area contributed by atoms with Gasteiger partial charge in [0.25, 0.3) is 0 Å². The van der Waals surface area contributed by atoms with Crippen LogP contribution in [0.2, 0.25) is 5.02 Å². The lowest BCUT2D eigenvalue weighted by atomic mass is 10.1. The van der Waals surface area contributed by atoms with E-state index in [1.165, 1.54) is 6.07 Å². The predicted octanol–water partition coefficient (Wildman–Crippen LogP) is 4.97. The first-order valence-electron chi connectivity index (χ1n) is 8.27. The average molecular weight is 396 g/mol. The molecule has 0 amide bonds. The molecule has 0 saturated carbocycles. The van der Waals surface area contributed by atoms with Gasteiger partial charge in [-0.3, -0.25) is 4.79 Å². The molecule has 3 aromatic carbocycles. The van der Waals surface area contributed by atoms with Crippen molar-refractivity contribution in [1.82, 2.24) is 0 Å². The largest absolute Gasteiger partial charge is 0.504 e. The van der Waals surface area contributed by atoms with Crippen LogP contribution in [0.5, 0.6) is 17.2 Å². The molecule has 4 rings (SSSR count). The van der Waals surface area contributed by atoms with Gasteiger partial charge in [-0.2, -0.15) is 0 Å². The number of fused-ring (bicyclic) bond motifs is 1. The highest BCUT2D eigenvalue weighted by atomic mass is 35.5. The summed E-state index contributed by atoms with van der Waals surface area (Å²) in [6, 6.07) is 16.8. The number of benzene rings is 3. The van der Waals surface area contributed by atoms with Gasteiger partial charge in [-0.05, 0) is 48.5 Å². The van der Waals surface area contributed by atoms with Gasteiger partial charge in [0, 0.05) is 34.1 Å². The van der Waals surface area contributed by atoms with E-state index in [9.17, 15) is 20.1 Å². The Hall–Kier alpha value is -3.64. The molecule has 1 heterocycles. The van der Waals surface area contributed by atoms with Crippen molar-refractivity contribution in [3.63, 3.8) is 0 Å². The zero-order valence-electron chi connectivity index (χ0n) is 14.3. The SMILES string of the molecule is O=c1cc(-c2ccc(Nc3ccc(Cl)cc3)cc2)oc2cc(O)c(O)c(O)c12. The first kappa shape index (κ1) is 17.8. The molecule has 28 heavy (non-hydrogen) atoms. The van der Waals surface area contributed by atoms with Crippen LogP contribution in [0.15, 0.2) is 69.9 Å². The lowest BCUT2D eigenvalue weighted by Crippen LogP contribution is -2.01. The van der Waals surface area contributed by atoms with Crippen molar-refractivity contribution in [2.75, 3.05) is 5.32 Å². The fraction of sp³-hybridized carbons (Fsp3) is 0. The van der Waals surface area contributed by atoms with E-state index in [1.807, 2.05) is 24.3 Å². The Morgan fingerprint density at radius 1 is 0.821 bits per heavy atom. The van der Waals surface area contributed by atoms with Crippen molar-refractivity contribution in [2.24, 2.45) is 0 Å². The topological polar surface area (TPSA) is 103 Å². The molecule has 1 aromatic heterocycles. The highest BCUT2D eigenvalue weighted by Crippen LogP contribution is 2.40. The number of hydrogen-bond donors (Lipinski definition) is 4. The number of rotatable bonds is 3. The van der Waals surface area contributed by atoms with Gasteiger partial charge in [-0.1, -0.05) is 11.6 Å². The summed E-state index contributed by atoms with van der Waals surface area (Å²) in [5, 5.41) is 32.8. The number of phenolic OH excluding ortho intramolecular Hbond substituents is 3. The third-order valence-corrected chi connectivity index (χ3v) is 4.50. The summed E-state index contributed by atoms with van der Waals surface area (Å²) in [5.74, 6) is -1.78. The molecule has 0 atom stereocenters. The molecule has 0 fully saturated rings. The maximum absolute atomic E-state index is 12.4. The molecule has 6 nitrogen and oxygen atoms in total. The van der Waals surface area contributed by atoms with E-state index in [-0.39, 0.29) is 16.7 Å². The van der Waals surface area contributed by atoms with Gasteiger partial charge in [-0.25, -0.2) is 0 Å². The molecule has 0 aliphatic rings. The summed E-state index contributed by atoms with van der Waals surface area (Å²) in [6.45, 7) is 0. The minimum Gasteiger partial charge on any atom is -0.504 e. The summed E-state index contributed by atoms with van der Waals surface area (Å²) in [4.78, 5) is 12.4. The molecule has 140 valence electrons. The monoisotopic (exact) mass is 395 g/mol. The number of anilines is 2. The van der Waals surface area contributed by atoms with E-state index in [2.05, 4.69) is 5.32 Å². The predicted molar refractivity (Wildman–Crippen MR) is 108 cm³/mol. The van der Waals surface area contributed by atoms with E-state index in [0.29, 0.717) is 10.6 Å². The van der Waals surface area contributed by atoms with Gasteiger partial charge in [-0.15, -0.1) is 0 Å².